The molecule has 0 spiro atoms. The molecule has 1 N–H and O–H groups in total. The summed E-state index contributed by atoms with van der Waals surface area (Å²) in [5, 5.41) is 4.06. The van der Waals surface area contributed by atoms with Crippen molar-refractivity contribution in [1.29, 1.82) is 0 Å². The molecule has 0 atom stereocenters. The van der Waals surface area contributed by atoms with E-state index in [1.165, 1.54) is 38.5 Å². The Morgan fingerprint density at radius 2 is 1.70 bits per heavy atom. The Morgan fingerprint density at radius 1 is 0.963 bits per heavy atom. The molecule has 6 nitrogen and oxygen atoms in total. The topological polar surface area (TPSA) is 61.4 Å². The highest BCUT2D eigenvalue weighted by Gasteiger charge is 2.18. The highest BCUT2D eigenvalue weighted by Crippen LogP contribution is 2.26. The first-order valence-electron chi connectivity index (χ1n) is 10.3. The zero-order valence-electron chi connectivity index (χ0n) is 16.0. The van der Waals surface area contributed by atoms with Crippen LogP contribution in [0.4, 0.5) is 5.82 Å². The van der Waals surface area contributed by atoms with Crippen molar-refractivity contribution in [3.8, 4) is 0 Å². The van der Waals surface area contributed by atoms with E-state index in [4.69, 9.17) is 0 Å². The lowest BCUT2D eigenvalue weighted by atomic mass is 10.1. The zero-order valence-corrected chi connectivity index (χ0v) is 16.0. The van der Waals surface area contributed by atoms with Crippen molar-refractivity contribution in [3.05, 3.63) is 30.1 Å². The summed E-state index contributed by atoms with van der Waals surface area (Å²) in [5.74, 6) is 0.944. The van der Waals surface area contributed by atoms with E-state index in [1.54, 1.807) is 6.33 Å². The van der Waals surface area contributed by atoms with Gasteiger partial charge in [-0.05, 0) is 57.0 Å². The number of likely N-dealkylation sites (tertiary alicyclic amines) is 1. The predicted octanol–water partition coefficient (Wildman–Crippen LogP) is 2.84. The van der Waals surface area contributed by atoms with E-state index < -0.39 is 0 Å². The monoisotopic (exact) mass is 367 g/mol. The van der Waals surface area contributed by atoms with E-state index >= 15 is 0 Å². The summed E-state index contributed by atoms with van der Waals surface area (Å²) in [4.78, 5) is 26.3. The SMILES string of the molecule is O=C(NCCN1CCCCCC1)c1ccc2ncnc(N3CCCC3)c2c1. The van der Waals surface area contributed by atoms with Gasteiger partial charge >= 0.3 is 0 Å². The number of carbonyl (C=O) groups excluding carboxylic acids is 1. The third kappa shape index (κ3) is 4.38. The summed E-state index contributed by atoms with van der Waals surface area (Å²) in [5.41, 5.74) is 1.58. The summed E-state index contributed by atoms with van der Waals surface area (Å²) >= 11 is 0. The molecule has 144 valence electrons. The molecule has 0 saturated carbocycles. The Labute approximate surface area is 161 Å². The third-order valence-corrected chi connectivity index (χ3v) is 5.69. The van der Waals surface area contributed by atoms with Crippen LogP contribution in [0.2, 0.25) is 0 Å². The molecule has 1 amide bonds. The summed E-state index contributed by atoms with van der Waals surface area (Å²) in [6.07, 6.45) is 9.24. The molecule has 27 heavy (non-hydrogen) atoms. The largest absolute Gasteiger partial charge is 0.356 e. The number of hydrogen-bond donors (Lipinski definition) is 1. The van der Waals surface area contributed by atoms with Crippen LogP contribution in [0.15, 0.2) is 24.5 Å². The van der Waals surface area contributed by atoms with Crippen LogP contribution >= 0.6 is 0 Å². The lowest BCUT2D eigenvalue weighted by Gasteiger charge is -2.20. The fourth-order valence-electron chi connectivity index (χ4n) is 4.15. The van der Waals surface area contributed by atoms with Crippen LogP contribution in [0, 0.1) is 0 Å². The molecule has 2 aromatic rings. The molecule has 2 aliphatic heterocycles. The Hall–Kier alpha value is -2.21. The van der Waals surface area contributed by atoms with Crippen molar-refractivity contribution in [1.82, 2.24) is 20.2 Å². The van der Waals surface area contributed by atoms with Gasteiger partial charge in [-0.15, -0.1) is 0 Å². The van der Waals surface area contributed by atoms with Crippen LogP contribution < -0.4 is 10.2 Å². The molecule has 1 aromatic carbocycles. The van der Waals surface area contributed by atoms with Crippen molar-refractivity contribution >= 4 is 22.6 Å². The minimum absolute atomic E-state index is 0.0112. The molecule has 3 heterocycles. The summed E-state index contributed by atoms with van der Waals surface area (Å²) in [6.45, 7) is 5.99. The number of carbonyl (C=O) groups is 1. The second kappa shape index (κ2) is 8.65. The molecule has 2 saturated heterocycles. The molecule has 2 fully saturated rings. The maximum atomic E-state index is 12.6. The first-order valence-corrected chi connectivity index (χ1v) is 10.3. The molecular formula is C21H29N5O. The molecular weight excluding hydrogens is 338 g/mol. The number of nitrogens with one attached hydrogen (secondary N) is 1. The third-order valence-electron chi connectivity index (χ3n) is 5.69. The molecule has 6 heteroatoms. The average Bonchev–Trinajstić information content (AvgIpc) is 3.11. The highest BCUT2D eigenvalue weighted by molar-refractivity contribution is 6.00. The second-order valence-electron chi connectivity index (χ2n) is 7.64. The minimum atomic E-state index is -0.0112. The summed E-state index contributed by atoms with van der Waals surface area (Å²) in [7, 11) is 0. The van der Waals surface area contributed by atoms with Crippen molar-refractivity contribution in [2.24, 2.45) is 0 Å². The minimum Gasteiger partial charge on any atom is -0.356 e. The van der Waals surface area contributed by atoms with Gasteiger partial charge in [0.15, 0.2) is 0 Å². The van der Waals surface area contributed by atoms with E-state index in [9.17, 15) is 4.79 Å². The van der Waals surface area contributed by atoms with Gasteiger partial charge in [-0.2, -0.15) is 0 Å². The van der Waals surface area contributed by atoms with Gasteiger partial charge in [0.25, 0.3) is 5.91 Å². The first kappa shape index (κ1) is 18.2. The van der Waals surface area contributed by atoms with Crippen LogP contribution in [-0.4, -0.2) is 60.0 Å². The van der Waals surface area contributed by atoms with Gasteiger partial charge in [-0.3, -0.25) is 4.79 Å². The first-order chi connectivity index (χ1) is 13.3. The average molecular weight is 367 g/mol. The summed E-state index contributed by atoms with van der Waals surface area (Å²) < 4.78 is 0. The predicted molar refractivity (Wildman–Crippen MR) is 108 cm³/mol. The van der Waals surface area contributed by atoms with Crippen LogP contribution in [-0.2, 0) is 0 Å². The lowest BCUT2D eigenvalue weighted by molar-refractivity contribution is 0.0948. The van der Waals surface area contributed by atoms with Gasteiger partial charge in [0, 0.05) is 37.1 Å². The smallest absolute Gasteiger partial charge is 0.251 e. The second-order valence-corrected chi connectivity index (χ2v) is 7.64. The van der Waals surface area contributed by atoms with Gasteiger partial charge in [-0.25, -0.2) is 9.97 Å². The van der Waals surface area contributed by atoms with E-state index in [0.29, 0.717) is 12.1 Å². The van der Waals surface area contributed by atoms with E-state index in [-0.39, 0.29) is 5.91 Å². The number of amides is 1. The Kier molecular flexibility index (Phi) is 5.82. The van der Waals surface area contributed by atoms with Gasteiger partial charge in [0.1, 0.15) is 12.1 Å². The molecule has 0 unspecified atom stereocenters. The lowest BCUT2D eigenvalue weighted by Crippen LogP contribution is -2.35. The van der Waals surface area contributed by atoms with Gasteiger partial charge in [0.2, 0.25) is 0 Å². The number of hydrogen-bond acceptors (Lipinski definition) is 5. The number of aromatic nitrogens is 2. The van der Waals surface area contributed by atoms with E-state index in [1.807, 2.05) is 18.2 Å². The maximum Gasteiger partial charge on any atom is 0.251 e. The van der Waals surface area contributed by atoms with Gasteiger partial charge in [0.05, 0.1) is 5.52 Å². The number of fused-ring (bicyclic) bond motifs is 1. The zero-order chi connectivity index (χ0) is 18.5. The normalized spacial score (nSPS) is 18.6. The van der Waals surface area contributed by atoms with E-state index in [0.717, 1.165) is 49.4 Å². The van der Waals surface area contributed by atoms with E-state index in [2.05, 4.69) is 25.1 Å². The summed E-state index contributed by atoms with van der Waals surface area (Å²) in [6, 6.07) is 5.74. The molecule has 4 rings (SSSR count). The fourth-order valence-corrected chi connectivity index (χ4v) is 4.15. The molecule has 0 aliphatic carbocycles. The Balaban J connectivity index is 1.43. The molecule has 0 radical (unpaired) electrons. The van der Waals surface area contributed by atoms with Crippen LogP contribution in [0.25, 0.3) is 10.9 Å². The maximum absolute atomic E-state index is 12.6. The standard InChI is InChI=1S/C21H29N5O/c27-21(22-9-14-25-10-3-1-2-4-11-25)17-7-8-19-18(15-17)20(24-16-23-19)26-12-5-6-13-26/h7-8,15-16H,1-6,9-14H2,(H,22,27). The van der Waals surface area contributed by atoms with Gasteiger partial charge in [-0.1, -0.05) is 12.8 Å². The van der Waals surface area contributed by atoms with Crippen LogP contribution in [0.5, 0.6) is 0 Å². The fraction of sp³-hybridized carbons (Fsp3) is 0.571. The number of rotatable bonds is 5. The Morgan fingerprint density at radius 3 is 2.48 bits per heavy atom. The number of nitrogens with zero attached hydrogens (tertiary/aromatic N) is 4. The quantitative estimate of drug-likeness (QED) is 0.880. The van der Waals surface area contributed by atoms with Crippen molar-refractivity contribution in [2.45, 2.75) is 38.5 Å². The van der Waals surface area contributed by atoms with Crippen LogP contribution in [0.3, 0.4) is 0 Å². The number of anilines is 1. The van der Waals surface area contributed by atoms with Gasteiger partial charge < -0.3 is 15.1 Å². The molecule has 2 aliphatic rings. The van der Waals surface area contributed by atoms with Crippen molar-refractivity contribution in [2.75, 3.05) is 44.2 Å². The number of benzene rings is 1. The van der Waals surface area contributed by atoms with Crippen LogP contribution in [0.1, 0.15) is 48.9 Å². The van der Waals surface area contributed by atoms with Crippen molar-refractivity contribution in [3.63, 3.8) is 0 Å². The molecule has 0 bridgehead atoms. The highest BCUT2D eigenvalue weighted by atomic mass is 16.1. The van der Waals surface area contributed by atoms with Crippen molar-refractivity contribution < 1.29 is 4.79 Å². The Bertz CT molecular complexity index is 779. The molecule has 1 aromatic heterocycles.